The van der Waals surface area contributed by atoms with Crippen molar-refractivity contribution >= 4 is 11.9 Å². The molecule has 1 unspecified atom stereocenters. The number of piperidine rings is 1. The van der Waals surface area contributed by atoms with Crippen molar-refractivity contribution in [3.05, 3.63) is 0 Å². The molecule has 2 rings (SSSR count). The summed E-state index contributed by atoms with van der Waals surface area (Å²) >= 11 is 0. The number of amides is 1. The molecule has 1 aliphatic heterocycles. The van der Waals surface area contributed by atoms with Crippen LogP contribution in [0.2, 0.25) is 0 Å². The van der Waals surface area contributed by atoms with E-state index in [4.69, 9.17) is 10.2 Å². The zero-order valence-electron chi connectivity index (χ0n) is 10.5. The molecule has 1 heterocycles. The quantitative estimate of drug-likeness (QED) is 0.779. The number of hydrogen-bond acceptors (Lipinski definition) is 3. The number of aliphatic hydroxyl groups excluding tert-OH is 1. The number of carboxylic acid groups (broad SMARTS) is 1. The second kappa shape index (κ2) is 5.69. The maximum Gasteiger partial charge on any atom is 0.307 e. The van der Waals surface area contributed by atoms with Crippen molar-refractivity contribution in [2.45, 2.75) is 32.1 Å². The number of rotatable bonds is 3. The third-order valence-electron chi connectivity index (χ3n) is 4.24. The molecular weight excluding hydrogens is 234 g/mol. The molecule has 1 saturated carbocycles. The molecule has 1 saturated heterocycles. The van der Waals surface area contributed by atoms with Crippen LogP contribution in [0.5, 0.6) is 0 Å². The van der Waals surface area contributed by atoms with Gasteiger partial charge in [-0.3, -0.25) is 9.59 Å². The Morgan fingerprint density at radius 1 is 1.11 bits per heavy atom. The lowest BCUT2D eigenvalue weighted by Crippen LogP contribution is -2.45. The third kappa shape index (κ3) is 2.66. The van der Waals surface area contributed by atoms with Gasteiger partial charge in [0.05, 0.1) is 11.8 Å². The van der Waals surface area contributed by atoms with Crippen LogP contribution in [0.1, 0.15) is 32.1 Å². The van der Waals surface area contributed by atoms with Crippen LogP contribution in [0, 0.1) is 17.8 Å². The van der Waals surface area contributed by atoms with Crippen LogP contribution in [-0.4, -0.2) is 46.7 Å². The number of aliphatic hydroxyl groups is 1. The second-order valence-corrected chi connectivity index (χ2v) is 5.46. The predicted octanol–water partition coefficient (Wildman–Crippen LogP) is 0.718. The van der Waals surface area contributed by atoms with E-state index < -0.39 is 11.9 Å². The van der Waals surface area contributed by atoms with Crippen molar-refractivity contribution < 1.29 is 19.8 Å². The van der Waals surface area contributed by atoms with Gasteiger partial charge in [0.15, 0.2) is 0 Å². The number of carbonyl (C=O) groups is 2. The highest BCUT2D eigenvalue weighted by Gasteiger charge is 2.40. The average molecular weight is 255 g/mol. The average Bonchev–Trinajstić information content (AvgIpc) is 2.87. The molecule has 0 aromatic heterocycles. The molecule has 5 heteroatoms. The lowest BCUT2D eigenvalue weighted by molar-refractivity contribution is -0.150. The minimum atomic E-state index is -0.846. The summed E-state index contributed by atoms with van der Waals surface area (Å²) in [5.74, 6) is -1.56. The largest absolute Gasteiger partial charge is 0.481 e. The number of likely N-dealkylation sites (tertiary alicyclic amines) is 1. The molecule has 1 aliphatic carbocycles. The summed E-state index contributed by atoms with van der Waals surface area (Å²) in [7, 11) is 0. The zero-order chi connectivity index (χ0) is 13.1. The summed E-state index contributed by atoms with van der Waals surface area (Å²) in [4.78, 5) is 25.2. The normalized spacial score (nSPS) is 32.5. The first-order valence-electron chi connectivity index (χ1n) is 6.76. The fourth-order valence-corrected chi connectivity index (χ4v) is 3.20. The van der Waals surface area contributed by atoms with Crippen LogP contribution in [0.25, 0.3) is 0 Å². The van der Waals surface area contributed by atoms with Crippen molar-refractivity contribution in [3.8, 4) is 0 Å². The smallest absolute Gasteiger partial charge is 0.307 e. The van der Waals surface area contributed by atoms with E-state index in [-0.39, 0.29) is 24.3 Å². The number of nitrogens with zero attached hydrogens (tertiary/aromatic N) is 1. The first-order valence-corrected chi connectivity index (χ1v) is 6.76. The van der Waals surface area contributed by atoms with Gasteiger partial charge in [-0.1, -0.05) is 6.42 Å². The van der Waals surface area contributed by atoms with Gasteiger partial charge in [0.2, 0.25) is 5.91 Å². The number of carbonyl (C=O) groups excluding carboxylic acids is 1. The van der Waals surface area contributed by atoms with Crippen molar-refractivity contribution in [2.24, 2.45) is 17.8 Å². The molecule has 5 nitrogen and oxygen atoms in total. The molecule has 1 amide bonds. The van der Waals surface area contributed by atoms with Crippen LogP contribution in [-0.2, 0) is 9.59 Å². The molecule has 0 aromatic carbocycles. The minimum absolute atomic E-state index is 0.0157. The van der Waals surface area contributed by atoms with Crippen LogP contribution in [0.3, 0.4) is 0 Å². The molecule has 18 heavy (non-hydrogen) atoms. The summed E-state index contributed by atoms with van der Waals surface area (Å²) in [5, 5.41) is 18.3. The Kier molecular flexibility index (Phi) is 4.22. The Balaban J connectivity index is 1.99. The van der Waals surface area contributed by atoms with Gasteiger partial charge in [0.25, 0.3) is 0 Å². The molecular formula is C13H21NO4. The SMILES string of the molecule is O=C(O)[C@H]1CCC[C@H]1C(=O)N1CCCC(CO)C1. The van der Waals surface area contributed by atoms with E-state index in [0.717, 1.165) is 19.3 Å². The molecule has 2 N–H and O–H groups in total. The summed E-state index contributed by atoms with van der Waals surface area (Å²) in [6, 6.07) is 0. The minimum Gasteiger partial charge on any atom is -0.481 e. The van der Waals surface area contributed by atoms with E-state index in [1.54, 1.807) is 4.90 Å². The highest BCUT2D eigenvalue weighted by Crippen LogP contribution is 2.34. The van der Waals surface area contributed by atoms with Gasteiger partial charge in [-0.25, -0.2) is 0 Å². The van der Waals surface area contributed by atoms with Gasteiger partial charge < -0.3 is 15.1 Å². The van der Waals surface area contributed by atoms with Gasteiger partial charge in [0, 0.05) is 19.7 Å². The molecule has 0 bridgehead atoms. The summed E-state index contributed by atoms with van der Waals surface area (Å²) in [6.07, 6.45) is 3.98. The van der Waals surface area contributed by atoms with Gasteiger partial charge in [-0.05, 0) is 31.6 Å². The van der Waals surface area contributed by atoms with Gasteiger partial charge >= 0.3 is 5.97 Å². The molecule has 2 aliphatic rings. The van der Waals surface area contributed by atoms with Crippen LogP contribution >= 0.6 is 0 Å². The van der Waals surface area contributed by atoms with E-state index in [1.807, 2.05) is 0 Å². The van der Waals surface area contributed by atoms with Gasteiger partial charge in [-0.15, -0.1) is 0 Å². The Morgan fingerprint density at radius 3 is 2.50 bits per heavy atom. The topological polar surface area (TPSA) is 77.8 Å². The maximum absolute atomic E-state index is 12.4. The Bertz CT molecular complexity index is 331. The first-order chi connectivity index (χ1) is 8.63. The van der Waals surface area contributed by atoms with E-state index in [0.29, 0.717) is 25.9 Å². The predicted molar refractivity (Wildman–Crippen MR) is 64.9 cm³/mol. The Morgan fingerprint density at radius 2 is 1.83 bits per heavy atom. The van der Waals surface area contributed by atoms with Crippen molar-refractivity contribution in [2.75, 3.05) is 19.7 Å². The molecule has 102 valence electrons. The molecule has 0 radical (unpaired) electrons. The Hall–Kier alpha value is -1.10. The van der Waals surface area contributed by atoms with E-state index in [2.05, 4.69) is 0 Å². The van der Waals surface area contributed by atoms with Crippen molar-refractivity contribution in [1.29, 1.82) is 0 Å². The van der Waals surface area contributed by atoms with E-state index in [1.165, 1.54) is 0 Å². The summed E-state index contributed by atoms with van der Waals surface area (Å²) in [6.45, 7) is 1.40. The third-order valence-corrected chi connectivity index (χ3v) is 4.24. The lowest BCUT2D eigenvalue weighted by Gasteiger charge is -2.34. The zero-order valence-corrected chi connectivity index (χ0v) is 10.5. The van der Waals surface area contributed by atoms with E-state index in [9.17, 15) is 9.59 Å². The van der Waals surface area contributed by atoms with Gasteiger partial charge in [-0.2, -0.15) is 0 Å². The fraction of sp³-hybridized carbons (Fsp3) is 0.846. The Labute approximate surface area is 107 Å². The monoisotopic (exact) mass is 255 g/mol. The molecule has 2 fully saturated rings. The second-order valence-electron chi connectivity index (χ2n) is 5.46. The van der Waals surface area contributed by atoms with E-state index >= 15 is 0 Å². The van der Waals surface area contributed by atoms with Crippen molar-refractivity contribution in [1.82, 2.24) is 4.90 Å². The van der Waals surface area contributed by atoms with Gasteiger partial charge in [0.1, 0.15) is 0 Å². The van der Waals surface area contributed by atoms with Crippen LogP contribution < -0.4 is 0 Å². The standard InChI is InChI=1S/C13H21NO4/c15-8-9-3-2-6-14(7-9)12(16)10-4-1-5-11(10)13(17)18/h9-11,15H,1-8H2,(H,17,18)/t9?,10-,11+/m1/s1. The maximum atomic E-state index is 12.4. The van der Waals surface area contributed by atoms with Crippen molar-refractivity contribution in [3.63, 3.8) is 0 Å². The number of aliphatic carboxylic acids is 1. The highest BCUT2D eigenvalue weighted by molar-refractivity contribution is 5.85. The number of carboxylic acids is 1. The molecule has 0 spiro atoms. The molecule has 0 aromatic rings. The van der Waals surface area contributed by atoms with Crippen LogP contribution in [0.15, 0.2) is 0 Å². The number of hydrogen-bond donors (Lipinski definition) is 2. The lowest BCUT2D eigenvalue weighted by atomic mass is 9.92. The summed E-state index contributed by atoms with van der Waals surface area (Å²) in [5.41, 5.74) is 0. The molecule has 3 atom stereocenters. The summed E-state index contributed by atoms with van der Waals surface area (Å²) < 4.78 is 0. The van der Waals surface area contributed by atoms with Crippen LogP contribution in [0.4, 0.5) is 0 Å². The highest BCUT2D eigenvalue weighted by atomic mass is 16.4. The first kappa shape index (κ1) is 13.3. The fourth-order valence-electron chi connectivity index (χ4n) is 3.20.